The predicted octanol–water partition coefficient (Wildman–Crippen LogP) is 4.14. The molecule has 0 saturated heterocycles. The van der Waals surface area contributed by atoms with Gasteiger partial charge in [0, 0.05) is 12.0 Å². The number of Topliss-reactive ketones (excluding diaryl/α,β-unsaturated/α-hetero) is 1. The summed E-state index contributed by atoms with van der Waals surface area (Å²) < 4.78 is 13.1. The van der Waals surface area contributed by atoms with Crippen LogP contribution in [0.4, 0.5) is 4.39 Å². The van der Waals surface area contributed by atoms with Crippen LogP contribution in [0.25, 0.3) is 0 Å². The lowest BCUT2D eigenvalue weighted by atomic mass is 9.95. The summed E-state index contributed by atoms with van der Waals surface area (Å²) in [6, 6.07) is 4.52. The molecule has 2 heteroatoms. The first-order chi connectivity index (χ1) is 7.52. The highest BCUT2D eigenvalue weighted by Crippen LogP contribution is 2.16. The number of benzene rings is 1. The number of hydrogen-bond donors (Lipinski definition) is 0. The van der Waals surface area contributed by atoms with Crippen molar-refractivity contribution in [1.82, 2.24) is 0 Å². The fourth-order valence-electron chi connectivity index (χ4n) is 1.93. The Labute approximate surface area is 96.7 Å². The molecule has 1 nitrogen and oxygen atoms in total. The highest BCUT2D eigenvalue weighted by Gasteiger charge is 2.11. The smallest absolute Gasteiger partial charge is 0.163 e. The Morgan fingerprint density at radius 2 is 2.06 bits per heavy atom. The Morgan fingerprint density at radius 1 is 1.38 bits per heavy atom. The molecule has 0 saturated carbocycles. The van der Waals surface area contributed by atoms with Crippen LogP contribution in [0.1, 0.15) is 49.0 Å². The third-order valence-corrected chi connectivity index (χ3v) is 2.68. The van der Waals surface area contributed by atoms with Crippen molar-refractivity contribution in [2.75, 3.05) is 0 Å². The van der Waals surface area contributed by atoms with Crippen LogP contribution in [0, 0.1) is 18.7 Å². The van der Waals surface area contributed by atoms with E-state index in [4.69, 9.17) is 0 Å². The second-order valence-electron chi connectivity index (χ2n) is 4.54. The average molecular weight is 222 g/mol. The zero-order chi connectivity index (χ0) is 12.1. The summed E-state index contributed by atoms with van der Waals surface area (Å²) in [6.45, 7) is 5.97. The molecule has 0 fully saturated rings. The van der Waals surface area contributed by atoms with Crippen LogP contribution in [0.5, 0.6) is 0 Å². The molecule has 0 aliphatic heterocycles. The second kappa shape index (κ2) is 5.78. The molecule has 0 spiro atoms. The summed E-state index contributed by atoms with van der Waals surface area (Å²) in [5.74, 6) is 0.0936. The first-order valence-corrected chi connectivity index (χ1v) is 5.83. The van der Waals surface area contributed by atoms with Gasteiger partial charge in [-0.15, -0.1) is 0 Å². The van der Waals surface area contributed by atoms with E-state index in [0.29, 0.717) is 17.9 Å². The minimum absolute atomic E-state index is 0.0450. The van der Waals surface area contributed by atoms with Gasteiger partial charge in [-0.3, -0.25) is 4.79 Å². The van der Waals surface area contributed by atoms with Crippen molar-refractivity contribution in [2.24, 2.45) is 5.92 Å². The zero-order valence-electron chi connectivity index (χ0n) is 10.2. The fraction of sp³-hybridized carbons (Fsp3) is 0.500. The third-order valence-electron chi connectivity index (χ3n) is 2.68. The van der Waals surface area contributed by atoms with Crippen molar-refractivity contribution in [3.8, 4) is 0 Å². The number of aryl methyl sites for hydroxylation is 1. The van der Waals surface area contributed by atoms with Gasteiger partial charge >= 0.3 is 0 Å². The van der Waals surface area contributed by atoms with Gasteiger partial charge in [-0.2, -0.15) is 0 Å². The number of halogens is 1. The molecule has 0 N–H and O–H groups in total. The molecule has 1 aromatic rings. The van der Waals surface area contributed by atoms with Crippen molar-refractivity contribution < 1.29 is 9.18 Å². The molecule has 0 aromatic heterocycles. The first kappa shape index (κ1) is 12.9. The number of hydrogen-bond acceptors (Lipinski definition) is 1. The summed E-state index contributed by atoms with van der Waals surface area (Å²) in [7, 11) is 0. The van der Waals surface area contributed by atoms with Gasteiger partial charge in [-0.05, 0) is 36.6 Å². The maximum atomic E-state index is 13.1. The van der Waals surface area contributed by atoms with E-state index in [1.165, 1.54) is 12.1 Å². The maximum Gasteiger partial charge on any atom is 0.163 e. The highest BCUT2D eigenvalue weighted by atomic mass is 19.1. The standard InChI is InChI=1S/C14H19FO/c1-4-5-10(2)8-14(16)12-6-11(3)7-13(15)9-12/h6-7,9-10H,4-5,8H2,1-3H3. The third kappa shape index (κ3) is 3.76. The lowest BCUT2D eigenvalue weighted by Crippen LogP contribution is -2.06. The summed E-state index contributed by atoms with van der Waals surface area (Å²) in [6.07, 6.45) is 2.63. The van der Waals surface area contributed by atoms with Crippen molar-refractivity contribution in [3.63, 3.8) is 0 Å². The van der Waals surface area contributed by atoms with Crippen molar-refractivity contribution >= 4 is 5.78 Å². The van der Waals surface area contributed by atoms with Crippen LogP contribution < -0.4 is 0 Å². The first-order valence-electron chi connectivity index (χ1n) is 5.83. The van der Waals surface area contributed by atoms with Crippen molar-refractivity contribution in [1.29, 1.82) is 0 Å². The van der Waals surface area contributed by atoms with Gasteiger partial charge in [0.15, 0.2) is 5.78 Å². The number of carbonyl (C=O) groups excluding carboxylic acids is 1. The average Bonchev–Trinajstić information content (AvgIpc) is 2.16. The fourth-order valence-corrected chi connectivity index (χ4v) is 1.93. The quantitative estimate of drug-likeness (QED) is 0.684. The number of ketones is 1. The summed E-state index contributed by atoms with van der Waals surface area (Å²) in [5.41, 5.74) is 1.30. The van der Waals surface area contributed by atoms with Crippen LogP contribution in [-0.2, 0) is 0 Å². The van der Waals surface area contributed by atoms with E-state index >= 15 is 0 Å². The molecule has 1 aromatic carbocycles. The van der Waals surface area contributed by atoms with Crippen LogP contribution >= 0.6 is 0 Å². The van der Waals surface area contributed by atoms with Crippen LogP contribution in [0.15, 0.2) is 18.2 Å². The molecule has 16 heavy (non-hydrogen) atoms. The van der Waals surface area contributed by atoms with Gasteiger partial charge in [-0.25, -0.2) is 4.39 Å². The minimum Gasteiger partial charge on any atom is -0.294 e. The molecule has 0 heterocycles. The normalized spacial score (nSPS) is 12.5. The van der Waals surface area contributed by atoms with E-state index in [2.05, 4.69) is 13.8 Å². The summed E-state index contributed by atoms with van der Waals surface area (Å²) in [4.78, 5) is 11.9. The van der Waals surface area contributed by atoms with Gasteiger partial charge < -0.3 is 0 Å². The van der Waals surface area contributed by atoms with Crippen molar-refractivity contribution in [3.05, 3.63) is 35.1 Å². The van der Waals surface area contributed by atoms with Gasteiger partial charge in [0.2, 0.25) is 0 Å². The van der Waals surface area contributed by atoms with Gasteiger partial charge in [0.25, 0.3) is 0 Å². The lowest BCUT2D eigenvalue weighted by molar-refractivity contribution is 0.0962. The lowest BCUT2D eigenvalue weighted by Gasteiger charge is -2.09. The van der Waals surface area contributed by atoms with Gasteiger partial charge in [-0.1, -0.05) is 26.7 Å². The Bertz CT molecular complexity index is 351. The van der Waals surface area contributed by atoms with E-state index in [-0.39, 0.29) is 11.6 Å². The largest absolute Gasteiger partial charge is 0.294 e. The molecule has 88 valence electrons. The molecule has 0 bridgehead atoms. The van der Waals surface area contributed by atoms with Gasteiger partial charge in [0.05, 0.1) is 0 Å². The molecule has 0 aliphatic rings. The van der Waals surface area contributed by atoms with Gasteiger partial charge in [0.1, 0.15) is 5.82 Å². The maximum absolute atomic E-state index is 13.1. The molecule has 0 amide bonds. The Balaban J connectivity index is 2.72. The van der Waals surface area contributed by atoms with E-state index in [9.17, 15) is 9.18 Å². The van der Waals surface area contributed by atoms with E-state index in [1.807, 2.05) is 0 Å². The molecule has 1 unspecified atom stereocenters. The monoisotopic (exact) mass is 222 g/mol. The minimum atomic E-state index is -0.327. The Hall–Kier alpha value is -1.18. The van der Waals surface area contributed by atoms with E-state index in [0.717, 1.165) is 18.4 Å². The second-order valence-corrected chi connectivity index (χ2v) is 4.54. The zero-order valence-corrected chi connectivity index (χ0v) is 10.2. The summed E-state index contributed by atoms with van der Waals surface area (Å²) >= 11 is 0. The van der Waals surface area contributed by atoms with Crippen LogP contribution in [0.3, 0.4) is 0 Å². The molecular formula is C14H19FO. The highest BCUT2D eigenvalue weighted by molar-refractivity contribution is 5.96. The molecule has 0 aliphatic carbocycles. The Kier molecular flexibility index (Phi) is 4.66. The van der Waals surface area contributed by atoms with Crippen LogP contribution in [-0.4, -0.2) is 5.78 Å². The molecular weight excluding hydrogens is 203 g/mol. The van der Waals surface area contributed by atoms with Crippen LogP contribution in [0.2, 0.25) is 0 Å². The molecule has 0 radical (unpaired) electrons. The number of carbonyl (C=O) groups is 1. The molecule has 1 atom stereocenters. The van der Waals surface area contributed by atoms with E-state index < -0.39 is 0 Å². The molecule has 1 rings (SSSR count). The summed E-state index contributed by atoms with van der Waals surface area (Å²) in [5, 5.41) is 0. The Morgan fingerprint density at radius 3 is 2.62 bits per heavy atom. The van der Waals surface area contributed by atoms with E-state index in [1.54, 1.807) is 13.0 Å². The number of rotatable bonds is 5. The SMILES string of the molecule is CCCC(C)CC(=O)c1cc(C)cc(F)c1. The predicted molar refractivity (Wildman–Crippen MR) is 64.2 cm³/mol. The topological polar surface area (TPSA) is 17.1 Å². The van der Waals surface area contributed by atoms with Crippen molar-refractivity contribution in [2.45, 2.75) is 40.0 Å².